The Labute approximate surface area is 237 Å². The molecule has 1 aromatic heterocycles. The number of amides is 1. The van der Waals surface area contributed by atoms with Crippen LogP contribution in [0.4, 0.5) is 5.82 Å². The lowest BCUT2D eigenvalue weighted by Gasteiger charge is -2.54. The van der Waals surface area contributed by atoms with Crippen molar-refractivity contribution in [3.63, 3.8) is 0 Å². The SMILES string of the molecule is CC(=O)N[C@@H]1CN(c2nc3ccccc3n([C@H]3C[C@H]4CCC[C@@H](C3)N4C3CC4CCCCC(C4)C3)c2=O)[C@@H]1CO. The van der Waals surface area contributed by atoms with E-state index in [9.17, 15) is 14.7 Å². The van der Waals surface area contributed by atoms with Crippen molar-refractivity contribution in [1.29, 1.82) is 0 Å². The zero-order valence-corrected chi connectivity index (χ0v) is 23.9. The molecule has 8 nitrogen and oxygen atoms in total. The Bertz CT molecular complexity index is 1280. The van der Waals surface area contributed by atoms with Crippen molar-refractivity contribution in [2.75, 3.05) is 18.1 Å². The van der Waals surface area contributed by atoms with Crippen LogP contribution in [0, 0.1) is 11.8 Å². The highest BCUT2D eigenvalue weighted by Crippen LogP contribution is 2.47. The molecule has 1 aromatic carbocycles. The number of anilines is 1. The van der Waals surface area contributed by atoms with Gasteiger partial charge in [-0.25, -0.2) is 4.98 Å². The molecule has 5 fully saturated rings. The third-order valence-corrected chi connectivity index (χ3v) is 11.0. The first-order valence-electron chi connectivity index (χ1n) is 15.9. The van der Waals surface area contributed by atoms with Crippen molar-refractivity contribution in [3.8, 4) is 0 Å². The number of rotatable bonds is 5. The fraction of sp³-hybridized carbons (Fsp3) is 0.719. The number of aromatic nitrogens is 2. The number of hydrogen-bond acceptors (Lipinski definition) is 6. The number of nitrogens with zero attached hydrogens (tertiary/aromatic N) is 4. The molecule has 7 atom stereocenters. The highest BCUT2D eigenvalue weighted by molar-refractivity contribution is 5.77. The van der Waals surface area contributed by atoms with Gasteiger partial charge in [0.05, 0.1) is 29.7 Å². The molecule has 40 heavy (non-hydrogen) atoms. The molecule has 5 aliphatic rings. The number of hydrogen-bond donors (Lipinski definition) is 2. The van der Waals surface area contributed by atoms with Crippen LogP contribution in [0.5, 0.6) is 0 Å². The van der Waals surface area contributed by atoms with Gasteiger partial charge in [-0.15, -0.1) is 0 Å². The summed E-state index contributed by atoms with van der Waals surface area (Å²) in [7, 11) is 0. The second-order valence-corrected chi connectivity index (χ2v) is 13.5. The Morgan fingerprint density at radius 1 is 0.925 bits per heavy atom. The van der Waals surface area contributed by atoms with Crippen LogP contribution in [0.15, 0.2) is 29.1 Å². The molecular weight excluding hydrogens is 502 g/mol. The molecule has 2 unspecified atom stereocenters. The number of carbonyl (C=O) groups is 1. The smallest absolute Gasteiger partial charge is 0.294 e. The van der Waals surface area contributed by atoms with Crippen LogP contribution in [-0.2, 0) is 4.79 Å². The highest BCUT2D eigenvalue weighted by Gasteiger charge is 2.46. The molecule has 4 heterocycles. The number of aliphatic hydroxyl groups excluding tert-OH is 1. The number of carbonyl (C=O) groups excluding carboxylic acids is 1. The zero-order valence-electron chi connectivity index (χ0n) is 23.9. The van der Waals surface area contributed by atoms with Gasteiger partial charge < -0.3 is 19.9 Å². The summed E-state index contributed by atoms with van der Waals surface area (Å²) >= 11 is 0. The monoisotopic (exact) mass is 547 g/mol. The molecule has 216 valence electrons. The number of nitrogens with one attached hydrogen (secondary N) is 1. The van der Waals surface area contributed by atoms with E-state index in [1.54, 1.807) is 0 Å². The molecule has 2 N–H and O–H groups in total. The van der Waals surface area contributed by atoms with Gasteiger partial charge in [0.1, 0.15) is 0 Å². The van der Waals surface area contributed by atoms with E-state index in [0.29, 0.717) is 24.4 Å². The summed E-state index contributed by atoms with van der Waals surface area (Å²) in [5.41, 5.74) is 1.68. The van der Waals surface area contributed by atoms with E-state index >= 15 is 0 Å². The van der Waals surface area contributed by atoms with Gasteiger partial charge in [0.2, 0.25) is 5.91 Å². The minimum absolute atomic E-state index is 0.0568. The maximum Gasteiger partial charge on any atom is 0.294 e. The second-order valence-electron chi connectivity index (χ2n) is 13.5. The van der Waals surface area contributed by atoms with E-state index in [1.165, 1.54) is 71.1 Å². The van der Waals surface area contributed by atoms with E-state index in [2.05, 4.69) is 14.8 Å². The Morgan fingerprint density at radius 2 is 1.62 bits per heavy atom. The first kappa shape index (κ1) is 26.4. The van der Waals surface area contributed by atoms with E-state index < -0.39 is 0 Å². The summed E-state index contributed by atoms with van der Waals surface area (Å²) < 4.78 is 2.06. The van der Waals surface area contributed by atoms with E-state index in [-0.39, 0.29) is 36.2 Å². The molecule has 2 aromatic rings. The predicted octanol–water partition coefficient (Wildman–Crippen LogP) is 4.00. The average molecular weight is 548 g/mol. The highest BCUT2D eigenvalue weighted by atomic mass is 16.3. The van der Waals surface area contributed by atoms with Crippen LogP contribution in [0.1, 0.15) is 90.0 Å². The fourth-order valence-electron chi connectivity index (χ4n) is 9.42. The third kappa shape index (κ3) is 4.65. The molecule has 7 rings (SSSR count). The number of piperidine rings is 2. The van der Waals surface area contributed by atoms with Crippen molar-refractivity contribution in [3.05, 3.63) is 34.6 Å². The average Bonchev–Trinajstić information content (AvgIpc) is 3.09. The van der Waals surface area contributed by atoms with E-state index in [1.807, 2.05) is 29.2 Å². The van der Waals surface area contributed by atoms with Gasteiger partial charge in [-0.05, 0) is 68.9 Å². The Balaban J connectivity index is 1.20. The minimum Gasteiger partial charge on any atom is -0.394 e. The second kappa shape index (κ2) is 10.8. The molecule has 8 heteroatoms. The van der Waals surface area contributed by atoms with Crippen LogP contribution < -0.4 is 15.8 Å². The first-order chi connectivity index (χ1) is 19.5. The molecule has 0 spiro atoms. The molecule has 2 aliphatic carbocycles. The van der Waals surface area contributed by atoms with Gasteiger partial charge >= 0.3 is 0 Å². The van der Waals surface area contributed by atoms with Gasteiger partial charge in [0.25, 0.3) is 5.56 Å². The van der Waals surface area contributed by atoms with Crippen LogP contribution in [0.2, 0.25) is 0 Å². The number of fused-ring (bicyclic) bond motifs is 5. The molecule has 3 saturated heterocycles. The lowest BCUT2D eigenvalue weighted by molar-refractivity contribution is -0.120. The van der Waals surface area contributed by atoms with E-state index in [0.717, 1.165) is 41.8 Å². The van der Waals surface area contributed by atoms with Crippen molar-refractivity contribution < 1.29 is 9.90 Å². The fourth-order valence-corrected chi connectivity index (χ4v) is 9.42. The largest absolute Gasteiger partial charge is 0.394 e. The summed E-state index contributed by atoms with van der Waals surface area (Å²) in [4.78, 5) is 35.6. The zero-order chi connectivity index (χ0) is 27.4. The third-order valence-electron chi connectivity index (χ3n) is 11.0. The standard InChI is InChI=1S/C32H45N5O3/c1-20(39)33-28-18-35(30(28)19-38)31-32(40)37(29-12-5-4-11-27(29)34-31)26-16-23-9-6-10-24(17-26)36(23)25-14-21-7-2-3-8-22(13-21)15-25/h4-5,11-12,21-26,28,30,38H,2-3,6-10,13-19H2,1H3,(H,33,39)/t21?,22?,23-,24+,25?,26+,28-,30-/m1/s1. The molecule has 1 amide bonds. The summed E-state index contributed by atoms with van der Waals surface area (Å²) in [6, 6.07) is 9.47. The van der Waals surface area contributed by atoms with Crippen molar-refractivity contribution in [1.82, 2.24) is 19.8 Å². The first-order valence-corrected chi connectivity index (χ1v) is 15.9. The van der Waals surface area contributed by atoms with Crippen molar-refractivity contribution in [2.24, 2.45) is 11.8 Å². The van der Waals surface area contributed by atoms with Gasteiger partial charge in [-0.2, -0.15) is 0 Å². The minimum atomic E-state index is -0.338. The van der Waals surface area contributed by atoms with Crippen LogP contribution in [-0.4, -0.2) is 68.8 Å². The maximum atomic E-state index is 14.3. The Hall–Kier alpha value is -2.45. The van der Waals surface area contributed by atoms with Crippen LogP contribution in [0.3, 0.4) is 0 Å². The van der Waals surface area contributed by atoms with Crippen LogP contribution in [0.25, 0.3) is 11.0 Å². The van der Waals surface area contributed by atoms with Gasteiger partial charge in [-0.1, -0.05) is 44.2 Å². The summed E-state index contributed by atoms with van der Waals surface area (Å²) in [5.74, 6) is 2.11. The molecule has 2 saturated carbocycles. The summed E-state index contributed by atoms with van der Waals surface area (Å²) in [5, 5.41) is 13.0. The molecule has 4 bridgehead atoms. The topological polar surface area (TPSA) is 90.7 Å². The maximum absolute atomic E-state index is 14.3. The predicted molar refractivity (Wildman–Crippen MR) is 156 cm³/mol. The van der Waals surface area contributed by atoms with Gasteiger partial charge in [0, 0.05) is 37.6 Å². The molecule has 0 radical (unpaired) electrons. The van der Waals surface area contributed by atoms with Gasteiger partial charge in [0.15, 0.2) is 5.82 Å². The normalized spacial score (nSPS) is 36.1. The van der Waals surface area contributed by atoms with Crippen molar-refractivity contribution >= 4 is 22.8 Å². The Kier molecular flexibility index (Phi) is 7.11. The lowest BCUT2D eigenvalue weighted by atomic mass is 9.73. The number of aliphatic hydroxyl groups is 1. The quantitative estimate of drug-likeness (QED) is 0.588. The molecule has 3 aliphatic heterocycles. The lowest BCUT2D eigenvalue weighted by Crippen LogP contribution is -2.69. The van der Waals surface area contributed by atoms with Crippen molar-refractivity contribution in [2.45, 2.75) is 120 Å². The number of benzene rings is 1. The Morgan fingerprint density at radius 3 is 2.30 bits per heavy atom. The number of para-hydroxylation sites is 2. The molecular formula is C32H45N5O3. The summed E-state index contributed by atoms with van der Waals surface area (Å²) in [6.07, 6.45) is 15.7. The van der Waals surface area contributed by atoms with Gasteiger partial charge in [-0.3, -0.25) is 14.5 Å². The summed E-state index contributed by atoms with van der Waals surface area (Å²) in [6.45, 7) is 1.84. The van der Waals surface area contributed by atoms with Crippen LogP contribution >= 0.6 is 0 Å². The van der Waals surface area contributed by atoms with E-state index in [4.69, 9.17) is 4.98 Å².